The van der Waals surface area contributed by atoms with Crippen molar-refractivity contribution in [3.8, 4) is 0 Å². The van der Waals surface area contributed by atoms with Gasteiger partial charge in [0, 0.05) is 12.5 Å². The van der Waals surface area contributed by atoms with Crippen molar-refractivity contribution < 1.29 is 4.79 Å². The van der Waals surface area contributed by atoms with Crippen molar-refractivity contribution in [2.24, 2.45) is 5.92 Å². The van der Waals surface area contributed by atoms with Crippen LogP contribution in [0.5, 0.6) is 0 Å². The number of likely N-dealkylation sites (N-methyl/N-ethyl adjacent to an activating group) is 1. The fourth-order valence-electron chi connectivity index (χ4n) is 2.65. The summed E-state index contributed by atoms with van der Waals surface area (Å²) in [6.45, 7) is 0.663. The van der Waals surface area contributed by atoms with Crippen LogP contribution >= 0.6 is 0 Å². The molecule has 20 heavy (non-hydrogen) atoms. The average molecular weight is 272 g/mol. The summed E-state index contributed by atoms with van der Waals surface area (Å²) in [5.74, 6) is 0.343. The lowest BCUT2D eigenvalue weighted by atomic mass is 9.93. The average Bonchev–Trinajstić information content (AvgIpc) is 2.49. The highest BCUT2D eigenvalue weighted by Gasteiger charge is 2.20. The summed E-state index contributed by atoms with van der Waals surface area (Å²) in [5.41, 5.74) is 1.24. The third-order valence-corrected chi connectivity index (χ3v) is 3.92. The molecule has 3 heteroatoms. The number of amides is 1. The fourth-order valence-corrected chi connectivity index (χ4v) is 2.65. The van der Waals surface area contributed by atoms with Crippen molar-refractivity contribution >= 4 is 5.91 Å². The minimum absolute atomic E-state index is 0.151. The number of allylic oxidation sites excluding steroid dienone is 2. The Labute approximate surface area is 121 Å². The number of nitrogens with zero attached hydrogens (tertiary/aromatic N) is 1. The van der Waals surface area contributed by atoms with Crippen LogP contribution in [0.3, 0.4) is 0 Å². The van der Waals surface area contributed by atoms with Crippen LogP contribution < -0.4 is 5.32 Å². The minimum Gasteiger partial charge on any atom is -0.354 e. The molecule has 108 valence electrons. The van der Waals surface area contributed by atoms with Gasteiger partial charge in [-0.25, -0.2) is 0 Å². The molecule has 0 aliphatic heterocycles. The Balaban J connectivity index is 1.92. The number of rotatable bonds is 5. The number of hydrogen-bond donors (Lipinski definition) is 1. The first-order valence-electron chi connectivity index (χ1n) is 7.32. The van der Waals surface area contributed by atoms with E-state index in [0.29, 0.717) is 6.54 Å². The van der Waals surface area contributed by atoms with E-state index in [1.54, 1.807) is 0 Å². The van der Waals surface area contributed by atoms with E-state index in [9.17, 15) is 4.79 Å². The van der Waals surface area contributed by atoms with Crippen LogP contribution in [0.25, 0.3) is 0 Å². The van der Waals surface area contributed by atoms with Crippen LogP contribution in [-0.2, 0) is 4.79 Å². The van der Waals surface area contributed by atoms with E-state index in [1.807, 2.05) is 32.3 Å². The molecule has 0 spiro atoms. The van der Waals surface area contributed by atoms with Crippen molar-refractivity contribution in [2.75, 3.05) is 20.6 Å². The number of benzene rings is 1. The number of hydrogen-bond acceptors (Lipinski definition) is 2. The van der Waals surface area contributed by atoms with Gasteiger partial charge >= 0.3 is 0 Å². The smallest absolute Gasteiger partial charge is 0.223 e. The maximum absolute atomic E-state index is 12.2. The molecular formula is C17H24N2O. The molecule has 0 saturated heterocycles. The van der Waals surface area contributed by atoms with Crippen LogP contribution in [-0.4, -0.2) is 31.4 Å². The van der Waals surface area contributed by atoms with Crippen LogP contribution in [0.2, 0.25) is 0 Å². The molecule has 1 aliphatic carbocycles. The van der Waals surface area contributed by atoms with Gasteiger partial charge < -0.3 is 10.2 Å². The Kier molecular flexibility index (Phi) is 5.36. The summed E-state index contributed by atoms with van der Waals surface area (Å²) >= 11 is 0. The van der Waals surface area contributed by atoms with Gasteiger partial charge in [0.15, 0.2) is 0 Å². The van der Waals surface area contributed by atoms with Crippen molar-refractivity contribution in [3.63, 3.8) is 0 Å². The van der Waals surface area contributed by atoms with Gasteiger partial charge in [0.1, 0.15) is 0 Å². The minimum atomic E-state index is 0.151. The highest BCUT2D eigenvalue weighted by molar-refractivity contribution is 5.79. The molecule has 1 amide bonds. The molecule has 0 saturated carbocycles. The number of nitrogens with one attached hydrogen (secondary N) is 1. The largest absolute Gasteiger partial charge is 0.354 e. The third-order valence-electron chi connectivity index (χ3n) is 3.92. The second-order valence-corrected chi connectivity index (χ2v) is 5.62. The molecular weight excluding hydrogens is 248 g/mol. The summed E-state index contributed by atoms with van der Waals surface area (Å²) in [6, 6.07) is 10.5. The zero-order valence-electron chi connectivity index (χ0n) is 12.4. The van der Waals surface area contributed by atoms with Crippen LogP contribution in [0.4, 0.5) is 0 Å². The Hall–Kier alpha value is -1.61. The zero-order valence-corrected chi connectivity index (χ0v) is 12.4. The van der Waals surface area contributed by atoms with Gasteiger partial charge in [-0.1, -0.05) is 42.5 Å². The molecule has 1 aromatic rings. The first kappa shape index (κ1) is 14.8. The third kappa shape index (κ3) is 3.94. The maximum atomic E-state index is 12.2. The number of carbonyl (C=O) groups is 1. The maximum Gasteiger partial charge on any atom is 0.223 e. The zero-order chi connectivity index (χ0) is 14.4. The van der Waals surface area contributed by atoms with Gasteiger partial charge in [-0.3, -0.25) is 4.79 Å². The Bertz CT molecular complexity index is 453. The molecule has 3 nitrogen and oxygen atoms in total. The second kappa shape index (κ2) is 7.25. The highest BCUT2D eigenvalue weighted by Crippen LogP contribution is 2.20. The molecule has 1 aromatic carbocycles. The first-order chi connectivity index (χ1) is 9.68. The van der Waals surface area contributed by atoms with E-state index in [0.717, 1.165) is 19.3 Å². The SMILES string of the molecule is CN(C)[C@H](CNC(=O)[C@H]1CC=CCC1)c1ccccc1. The lowest BCUT2D eigenvalue weighted by Crippen LogP contribution is -2.38. The van der Waals surface area contributed by atoms with Crippen molar-refractivity contribution in [1.29, 1.82) is 0 Å². The van der Waals surface area contributed by atoms with Gasteiger partial charge in [-0.2, -0.15) is 0 Å². The van der Waals surface area contributed by atoms with Gasteiger partial charge in [0.25, 0.3) is 0 Å². The van der Waals surface area contributed by atoms with Gasteiger partial charge in [0.2, 0.25) is 5.91 Å². The van der Waals surface area contributed by atoms with Crippen molar-refractivity contribution in [1.82, 2.24) is 10.2 Å². The summed E-state index contributed by atoms with van der Waals surface area (Å²) < 4.78 is 0. The topological polar surface area (TPSA) is 32.3 Å². The summed E-state index contributed by atoms with van der Waals surface area (Å²) in [7, 11) is 4.10. The molecule has 2 atom stereocenters. The lowest BCUT2D eigenvalue weighted by molar-refractivity contribution is -0.125. The Morgan fingerprint density at radius 3 is 2.65 bits per heavy atom. The molecule has 0 fully saturated rings. The summed E-state index contributed by atoms with van der Waals surface area (Å²) in [5, 5.41) is 3.12. The van der Waals surface area contributed by atoms with E-state index in [4.69, 9.17) is 0 Å². The van der Waals surface area contributed by atoms with Gasteiger partial charge in [0.05, 0.1) is 6.04 Å². The molecule has 0 unspecified atom stereocenters. The van der Waals surface area contributed by atoms with E-state index < -0.39 is 0 Å². The van der Waals surface area contributed by atoms with Crippen LogP contribution in [0.15, 0.2) is 42.5 Å². The molecule has 0 aromatic heterocycles. The Morgan fingerprint density at radius 1 is 1.30 bits per heavy atom. The van der Waals surface area contributed by atoms with Crippen LogP contribution in [0, 0.1) is 5.92 Å². The molecule has 0 heterocycles. The predicted octanol–water partition coefficient (Wildman–Crippen LogP) is 2.76. The Morgan fingerprint density at radius 2 is 2.05 bits per heavy atom. The second-order valence-electron chi connectivity index (χ2n) is 5.62. The van der Waals surface area contributed by atoms with Gasteiger partial charge in [-0.05, 0) is 38.9 Å². The molecule has 0 radical (unpaired) electrons. The molecule has 2 rings (SSSR count). The van der Waals surface area contributed by atoms with E-state index in [-0.39, 0.29) is 17.9 Å². The monoisotopic (exact) mass is 272 g/mol. The molecule has 1 aliphatic rings. The molecule has 0 bridgehead atoms. The molecule has 1 N–H and O–H groups in total. The lowest BCUT2D eigenvalue weighted by Gasteiger charge is -2.26. The van der Waals surface area contributed by atoms with Crippen LogP contribution in [0.1, 0.15) is 30.9 Å². The quantitative estimate of drug-likeness (QED) is 0.836. The number of carbonyl (C=O) groups excluding carboxylic acids is 1. The van der Waals surface area contributed by atoms with Gasteiger partial charge in [-0.15, -0.1) is 0 Å². The van der Waals surface area contributed by atoms with Crippen molar-refractivity contribution in [3.05, 3.63) is 48.0 Å². The predicted molar refractivity (Wildman–Crippen MR) is 82.4 cm³/mol. The highest BCUT2D eigenvalue weighted by atomic mass is 16.1. The summed E-state index contributed by atoms with van der Waals surface area (Å²) in [6.07, 6.45) is 7.16. The normalized spacial score (nSPS) is 19.9. The first-order valence-corrected chi connectivity index (χ1v) is 7.32. The van der Waals surface area contributed by atoms with E-state index in [1.165, 1.54) is 5.56 Å². The standard InChI is InChI=1S/C17H24N2O/c1-19(2)16(14-9-5-3-6-10-14)13-18-17(20)15-11-7-4-8-12-15/h3-7,9-10,15-16H,8,11-13H2,1-2H3,(H,18,20)/t15-,16+/m0/s1. The fraction of sp³-hybridized carbons (Fsp3) is 0.471. The van der Waals surface area contributed by atoms with Crippen molar-refractivity contribution in [2.45, 2.75) is 25.3 Å². The van der Waals surface area contributed by atoms with E-state index >= 15 is 0 Å². The van der Waals surface area contributed by atoms with E-state index in [2.05, 4.69) is 34.5 Å². The summed E-state index contributed by atoms with van der Waals surface area (Å²) in [4.78, 5) is 14.3.